The zero-order valence-corrected chi connectivity index (χ0v) is 9.29. The fraction of sp³-hybridized carbons (Fsp3) is 0.583. The number of unbranched alkanes of at least 4 members (excludes halogenated alkanes) is 3. The molecule has 0 atom stereocenters. The Morgan fingerprint density at radius 3 is 2.71 bits per heavy atom. The lowest BCUT2D eigenvalue weighted by atomic mass is 10.2. The topological polar surface area (TPSA) is 17.8 Å². The number of aromatic nitrogens is 2. The van der Waals surface area contributed by atoms with Gasteiger partial charge < -0.3 is 0 Å². The number of rotatable bonds is 6. The van der Waals surface area contributed by atoms with E-state index in [0.29, 0.717) is 0 Å². The van der Waals surface area contributed by atoms with E-state index >= 15 is 0 Å². The summed E-state index contributed by atoms with van der Waals surface area (Å²) in [6.07, 6.45) is 6.86. The maximum atomic E-state index is 4.42. The predicted molar refractivity (Wildman–Crippen MR) is 60.4 cm³/mol. The van der Waals surface area contributed by atoms with E-state index in [1.54, 1.807) is 0 Å². The lowest BCUT2D eigenvalue weighted by molar-refractivity contribution is 0.533. The van der Waals surface area contributed by atoms with Crippen molar-refractivity contribution in [2.24, 2.45) is 0 Å². The molecule has 0 saturated heterocycles. The minimum atomic E-state index is 1.05. The second-order valence-electron chi connectivity index (χ2n) is 3.79. The minimum Gasteiger partial charge on any atom is -0.270 e. The fourth-order valence-corrected chi connectivity index (χ4v) is 1.63. The summed E-state index contributed by atoms with van der Waals surface area (Å²) in [5, 5.41) is 4.42. The first-order valence-electron chi connectivity index (χ1n) is 5.36. The molecule has 1 aromatic rings. The third-order valence-electron chi connectivity index (χ3n) is 2.38. The molecule has 2 nitrogen and oxygen atoms in total. The van der Waals surface area contributed by atoms with Crippen molar-refractivity contribution in [1.29, 1.82) is 0 Å². The van der Waals surface area contributed by atoms with E-state index in [4.69, 9.17) is 0 Å². The summed E-state index contributed by atoms with van der Waals surface area (Å²) in [6.45, 7) is 8.93. The van der Waals surface area contributed by atoms with Crippen LogP contribution >= 0.6 is 0 Å². The molecule has 0 fully saturated rings. The van der Waals surface area contributed by atoms with Gasteiger partial charge in [-0.05, 0) is 39.2 Å². The third-order valence-corrected chi connectivity index (χ3v) is 2.38. The first-order chi connectivity index (χ1) is 6.74. The van der Waals surface area contributed by atoms with Gasteiger partial charge in [0, 0.05) is 12.2 Å². The van der Waals surface area contributed by atoms with Gasteiger partial charge in [-0.25, -0.2) is 0 Å². The summed E-state index contributed by atoms with van der Waals surface area (Å²) in [5.74, 6) is 0. The van der Waals surface area contributed by atoms with Crippen LogP contribution in [0.5, 0.6) is 0 Å². The fourth-order valence-electron chi connectivity index (χ4n) is 1.63. The molecule has 0 radical (unpaired) electrons. The first-order valence-corrected chi connectivity index (χ1v) is 5.36. The molecular weight excluding hydrogens is 172 g/mol. The lowest BCUT2D eigenvalue weighted by Crippen LogP contribution is -2.02. The van der Waals surface area contributed by atoms with Crippen LogP contribution in [0.4, 0.5) is 0 Å². The quantitative estimate of drug-likeness (QED) is 0.499. The van der Waals surface area contributed by atoms with Gasteiger partial charge in [0.1, 0.15) is 0 Å². The monoisotopic (exact) mass is 192 g/mol. The van der Waals surface area contributed by atoms with Crippen LogP contribution in [0.25, 0.3) is 0 Å². The standard InChI is InChI=1S/C12H20N2/c1-4-5-6-7-8-9-14-12(3)10-11(2)13-14/h4,10H,1,5-9H2,2-3H3. The SMILES string of the molecule is C=CCCCCCn1nc(C)cc1C. The van der Waals surface area contributed by atoms with Crippen molar-refractivity contribution in [2.45, 2.75) is 46.1 Å². The molecule has 0 N–H and O–H groups in total. The molecule has 1 rings (SSSR count). The second kappa shape index (κ2) is 5.63. The number of hydrogen-bond donors (Lipinski definition) is 0. The average molecular weight is 192 g/mol. The van der Waals surface area contributed by atoms with Crippen LogP contribution in [0, 0.1) is 13.8 Å². The van der Waals surface area contributed by atoms with E-state index < -0.39 is 0 Å². The molecule has 78 valence electrons. The van der Waals surface area contributed by atoms with Crippen molar-refractivity contribution in [2.75, 3.05) is 0 Å². The largest absolute Gasteiger partial charge is 0.270 e. The molecule has 1 aromatic heterocycles. The van der Waals surface area contributed by atoms with Crippen LogP contribution in [-0.2, 0) is 6.54 Å². The highest BCUT2D eigenvalue weighted by Crippen LogP contribution is 2.06. The van der Waals surface area contributed by atoms with Crippen molar-refractivity contribution in [1.82, 2.24) is 9.78 Å². The smallest absolute Gasteiger partial charge is 0.0596 e. The van der Waals surface area contributed by atoms with Crippen molar-refractivity contribution in [3.63, 3.8) is 0 Å². The van der Waals surface area contributed by atoms with E-state index in [1.165, 1.54) is 25.0 Å². The van der Waals surface area contributed by atoms with Crippen molar-refractivity contribution in [3.8, 4) is 0 Å². The Balaban J connectivity index is 2.24. The van der Waals surface area contributed by atoms with Gasteiger partial charge in [-0.1, -0.05) is 12.5 Å². The number of nitrogens with zero attached hydrogens (tertiary/aromatic N) is 2. The third kappa shape index (κ3) is 3.36. The van der Waals surface area contributed by atoms with Crippen molar-refractivity contribution >= 4 is 0 Å². The predicted octanol–water partition coefficient (Wildman–Crippen LogP) is 3.25. The Labute approximate surface area is 86.6 Å². The zero-order valence-electron chi connectivity index (χ0n) is 9.29. The van der Waals surface area contributed by atoms with Gasteiger partial charge in [0.05, 0.1) is 5.69 Å². The molecule has 0 aliphatic heterocycles. The van der Waals surface area contributed by atoms with Crippen LogP contribution in [0.3, 0.4) is 0 Å². The van der Waals surface area contributed by atoms with Crippen LogP contribution in [0.1, 0.15) is 37.1 Å². The summed E-state index contributed by atoms with van der Waals surface area (Å²) >= 11 is 0. The maximum absolute atomic E-state index is 4.42. The average Bonchev–Trinajstić information content (AvgIpc) is 2.45. The van der Waals surface area contributed by atoms with E-state index in [2.05, 4.69) is 29.3 Å². The highest BCUT2D eigenvalue weighted by atomic mass is 15.3. The molecule has 0 aliphatic carbocycles. The van der Waals surface area contributed by atoms with Crippen LogP contribution < -0.4 is 0 Å². The van der Waals surface area contributed by atoms with Gasteiger partial charge >= 0.3 is 0 Å². The van der Waals surface area contributed by atoms with Gasteiger partial charge in [0.15, 0.2) is 0 Å². The van der Waals surface area contributed by atoms with Gasteiger partial charge in [-0.2, -0.15) is 5.10 Å². The Hall–Kier alpha value is -1.05. The van der Waals surface area contributed by atoms with Crippen LogP contribution in [-0.4, -0.2) is 9.78 Å². The van der Waals surface area contributed by atoms with E-state index in [-0.39, 0.29) is 0 Å². The normalized spacial score (nSPS) is 10.4. The molecule has 0 amide bonds. The Bertz CT molecular complexity index is 287. The van der Waals surface area contributed by atoms with E-state index in [0.717, 1.165) is 18.7 Å². The highest BCUT2D eigenvalue weighted by Gasteiger charge is 1.99. The van der Waals surface area contributed by atoms with Crippen molar-refractivity contribution < 1.29 is 0 Å². The van der Waals surface area contributed by atoms with Gasteiger partial charge in [-0.3, -0.25) is 4.68 Å². The molecule has 0 aromatic carbocycles. The molecule has 0 spiro atoms. The maximum Gasteiger partial charge on any atom is 0.0596 e. The van der Waals surface area contributed by atoms with Gasteiger partial charge in [0.25, 0.3) is 0 Å². The number of hydrogen-bond acceptors (Lipinski definition) is 1. The summed E-state index contributed by atoms with van der Waals surface area (Å²) in [6, 6.07) is 2.13. The highest BCUT2D eigenvalue weighted by molar-refractivity contribution is 5.06. The minimum absolute atomic E-state index is 1.05. The summed E-state index contributed by atoms with van der Waals surface area (Å²) in [4.78, 5) is 0. The molecule has 0 aliphatic rings. The molecule has 2 heteroatoms. The molecule has 0 unspecified atom stereocenters. The number of allylic oxidation sites excluding steroid dienone is 1. The Morgan fingerprint density at radius 2 is 2.14 bits per heavy atom. The summed E-state index contributed by atoms with van der Waals surface area (Å²) in [7, 11) is 0. The summed E-state index contributed by atoms with van der Waals surface area (Å²) < 4.78 is 2.10. The molecule has 1 heterocycles. The molecule has 0 saturated carbocycles. The number of aryl methyl sites for hydroxylation is 3. The van der Waals surface area contributed by atoms with Crippen LogP contribution in [0.2, 0.25) is 0 Å². The first kappa shape index (κ1) is 11.0. The Kier molecular flexibility index (Phi) is 4.44. The molecular formula is C12H20N2. The van der Waals surface area contributed by atoms with Gasteiger partial charge in [-0.15, -0.1) is 6.58 Å². The second-order valence-corrected chi connectivity index (χ2v) is 3.79. The van der Waals surface area contributed by atoms with Gasteiger partial charge in [0.2, 0.25) is 0 Å². The van der Waals surface area contributed by atoms with E-state index in [1.807, 2.05) is 13.0 Å². The molecule has 14 heavy (non-hydrogen) atoms. The van der Waals surface area contributed by atoms with Crippen molar-refractivity contribution in [3.05, 3.63) is 30.1 Å². The summed E-state index contributed by atoms with van der Waals surface area (Å²) in [5.41, 5.74) is 2.39. The lowest BCUT2D eigenvalue weighted by Gasteiger charge is -2.03. The molecule has 0 bridgehead atoms. The Morgan fingerprint density at radius 1 is 1.36 bits per heavy atom. The zero-order chi connectivity index (χ0) is 10.4. The van der Waals surface area contributed by atoms with E-state index in [9.17, 15) is 0 Å². The van der Waals surface area contributed by atoms with Crippen LogP contribution in [0.15, 0.2) is 18.7 Å².